The molecule has 3 N–H and O–H groups in total. The van der Waals surface area contributed by atoms with Crippen molar-refractivity contribution in [1.82, 2.24) is 15.6 Å². The maximum absolute atomic E-state index is 10.4. The first-order valence-electron chi connectivity index (χ1n) is 6.87. The second-order valence-electron chi connectivity index (χ2n) is 4.95. The van der Waals surface area contributed by atoms with Gasteiger partial charge in [0.2, 0.25) is 0 Å². The van der Waals surface area contributed by atoms with Crippen LogP contribution in [0.1, 0.15) is 12.2 Å². The van der Waals surface area contributed by atoms with E-state index in [0.29, 0.717) is 11.4 Å². The number of thiocarbonyl (C=S) groups is 1. The Hall–Kier alpha value is -2.09. The number of furan rings is 1. The van der Waals surface area contributed by atoms with Crippen LogP contribution < -0.4 is 10.7 Å². The Labute approximate surface area is 151 Å². The highest BCUT2D eigenvalue weighted by Crippen LogP contribution is 2.13. The van der Waals surface area contributed by atoms with E-state index < -0.39 is 15.0 Å². The number of nitro groups is 1. The van der Waals surface area contributed by atoms with Gasteiger partial charge in [-0.25, -0.2) is 0 Å². The largest absolute Gasteiger partial charge is 0.433 e. The summed E-state index contributed by atoms with van der Waals surface area (Å²) in [5.74, 6) is -0.0459. The van der Waals surface area contributed by atoms with E-state index in [9.17, 15) is 18.5 Å². The van der Waals surface area contributed by atoms with Crippen molar-refractivity contribution in [3.63, 3.8) is 0 Å². The second-order valence-corrected chi connectivity index (χ2v) is 6.82. The molecule has 0 atom stereocenters. The van der Waals surface area contributed by atoms with E-state index in [1.165, 1.54) is 18.3 Å². The molecule has 0 saturated heterocycles. The van der Waals surface area contributed by atoms with E-state index in [1.807, 2.05) is 14.1 Å². The summed E-state index contributed by atoms with van der Waals surface area (Å²) in [5, 5.41) is 17.6. The third kappa shape index (κ3) is 15.2. The third-order valence-electron chi connectivity index (χ3n) is 2.22. The van der Waals surface area contributed by atoms with Gasteiger partial charge in [0.25, 0.3) is 10.1 Å². The molecule has 25 heavy (non-hydrogen) atoms. The molecule has 0 radical (unpaired) electrons. The monoisotopic (exact) mass is 395 g/mol. The second kappa shape index (κ2) is 11.5. The summed E-state index contributed by atoms with van der Waals surface area (Å²) in [5.41, 5.74) is 2.60. The van der Waals surface area contributed by atoms with Crippen LogP contribution in [-0.4, -0.2) is 67.6 Å². The summed E-state index contributed by atoms with van der Waals surface area (Å²) in [6, 6.07) is 2.72. The average molecular weight is 395 g/mol. The molecule has 11 nitrogen and oxygen atoms in total. The lowest BCUT2D eigenvalue weighted by Crippen LogP contribution is -2.33. The molecule has 142 valence electrons. The van der Waals surface area contributed by atoms with Crippen LogP contribution in [0.2, 0.25) is 0 Å². The van der Waals surface area contributed by atoms with E-state index in [-0.39, 0.29) is 11.6 Å². The molecule has 0 aromatic carbocycles. The molecular weight excluding hydrogens is 374 g/mol. The lowest BCUT2D eigenvalue weighted by molar-refractivity contribution is -0.402. The Balaban J connectivity index is 0.00000101. The van der Waals surface area contributed by atoms with Crippen molar-refractivity contribution in [2.45, 2.75) is 6.42 Å². The third-order valence-corrected chi connectivity index (χ3v) is 2.45. The standard InChI is InChI=1S/C11H17N5O3S.CH4O3S/c1-15(2)7-3-6-12-11(20)14-13-8-9-4-5-10(19-9)16(17)18;1-5(2,3)4/h4-5,8H,3,6-7H2,1-2H3,(H2,12,14,20);1H3,(H,2,3,4). The molecule has 1 aromatic heterocycles. The predicted octanol–water partition coefficient (Wildman–Crippen LogP) is 0.442. The molecular formula is C12H21N5O6S2. The smallest absolute Gasteiger partial charge is 0.400 e. The topological polar surface area (TPSA) is 150 Å². The van der Waals surface area contributed by atoms with Crippen LogP contribution >= 0.6 is 12.2 Å². The lowest BCUT2D eigenvalue weighted by atomic mass is 10.4. The van der Waals surface area contributed by atoms with E-state index in [1.54, 1.807) is 0 Å². The molecule has 0 bridgehead atoms. The quantitative estimate of drug-likeness (QED) is 0.148. The van der Waals surface area contributed by atoms with E-state index in [0.717, 1.165) is 19.5 Å². The molecule has 13 heteroatoms. The van der Waals surface area contributed by atoms with Crippen molar-refractivity contribution in [3.8, 4) is 0 Å². The van der Waals surface area contributed by atoms with Gasteiger partial charge in [-0.2, -0.15) is 13.5 Å². The molecule has 1 aromatic rings. The first-order chi connectivity index (χ1) is 11.5. The summed E-state index contributed by atoms with van der Waals surface area (Å²) in [7, 11) is 0.340. The molecule has 0 spiro atoms. The fraction of sp³-hybridized carbons (Fsp3) is 0.500. The predicted molar refractivity (Wildman–Crippen MR) is 97.3 cm³/mol. The van der Waals surface area contributed by atoms with Crippen molar-refractivity contribution in [2.24, 2.45) is 5.10 Å². The zero-order valence-electron chi connectivity index (χ0n) is 14.0. The van der Waals surface area contributed by atoms with Gasteiger partial charge in [-0.05, 0) is 45.3 Å². The summed E-state index contributed by atoms with van der Waals surface area (Å²) in [6.45, 7) is 1.71. The van der Waals surface area contributed by atoms with Crippen LogP contribution in [-0.2, 0) is 10.1 Å². The van der Waals surface area contributed by atoms with Gasteiger partial charge in [0.05, 0.1) is 18.5 Å². The highest BCUT2D eigenvalue weighted by molar-refractivity contribution is 7.85. The van der Waals surface area contributed by atoms with Crippen molar-refractivity contribution >= 4 is 39.5 Å². The molecule has 0 fully saturated rings. The zero-order valence-corrected chi connectivity index (χ0v) is 15.6. The minimum absolute atomic E-state index is 0.277. The zero-order chi connectivity index (χ0) is 19.5. The SMILES string of the molecule is CN(C)CCCNC(=S)NN=Cc1ccc([N+](=O)[O-])o1.CS(=O)(=O)O. The highest BCUT2D eigenvalue weighted by Gasteiger charge is 2.10. The molecule has 0 aliphatic rings. The van der Waals surface area contributed by atoms with Crippen LogP contribution in [0.5, 0.6) is 0 Å². The maximum Gasteiger partial charge on any atom is 0.433 e. The van der Waals surface area contributed by atoms with Crippen molar-refractivity contribution < 1.29 is 22.3 Å². The Bertz CT molecular complexity index is 678. The van der Waals surface area contributed by atoms with Crippen molar-refractivity contribution in [1.29, 1.82) is 0 Å². The molecule has 0 amide bonds. The minimum Gasteiger partial charge on any atom is -0.400 e. The van der Waals surface area contributed by atoms with Gasteiger partial charge >= 0.3 is 5.88 Å². The van der Waals surface area contributed by atoms with Gasteiger partial charge in [-0.3, -0.25) is 20.1 Å². The van der Waals surface area contributed by atoms with Crippen LogP contribution in [0.15, 0.2) is 21.7 Å². The van der Waals surface area contributed by atoms with Crippen LogP contribution in [0, 0.1) is 10.1 Å². The summed E-state index contributed by atoms with van der Waals surface area (Å²) in [6.07, 6.45) is 3.00. The number of rotatable bonds is 7. The Kier molecular flexibility index (Phi) is 10.5. The molecule has 1 rings (SSSR count). The molecule has 0 saturated carbocycles. The first-order valence-corrected chi connectivity index (χ1v) is 9.13. The number of nitrogens with one attached hydrogen (secondary N) is 2. The lowest BCUT2D eigenvalue weighted by Gasteiger charge is -2.10. The Morgan fingerprint density at radius 2 is 2.12 bits per heavy atom. The fourth-order valence-corrected chi connectivity index (χ4v) is 1.46. The fourth-order valence-electron chi connectivity index (χ4n) is 1.30. The maximum atomic E-state index is 10.4. The van der Waals surface area contributed by atoms with Crippen LogP contribution in [0.25, 0.3) is 0 Å². The number of hydrogen-bond acceptors (Lipinski definition) is 8. The van der Waals surface area contributed by atoms with Gasteiger partial charge in [-0.1, -0.05) is 0 Å². The molecule has 0 aliphatic carbocycles. The number of nitrogens with zero attached hydrogens (tertiary/aromatic N) is 3. The normalized spacial score (nSPS) is 11.1. The summed E-state index contributed by atoms with van der Waals surface area (Å²) in [4.78, 5) is 11.9. The van der Waals surface area contributed by atoms with Gasteiger partial charge in [0, 0.05) is 6.54 Å². The Morgan fingerprint density at radius 1 is 1.52 bits per heavy atom. The van der Waals surface area contributed by atoms with E-state index in [4.69, 9.17) is 21.2 Å². The summed E-state index contributed by atoms with van der Waals surface area (Å²) < 4.78 is 30.8. The minimum atomic E-state index is -3.67. The van der Waals surface area contributed by atoms with Crippen molar-refractivity contribution in [3.05, 3.63) is 28.0 Å². The van der Waals surface area contributed by atoms with Gasteiger partial charge in [-0.15, -0.1) is 0 Å². The number of hydrazone groups is 1. The van der Waals surface area contributed by atoms with E-state index in [2.05, 4.69) is 20.7 Å². The van der Waals surface area contributed by atoms with Gasteiger partial charge < -0.3 is 14.6 Å². The molecule has 0 aliphatic heterocycles. The van der Waals surface area contributed by atoms with E-state index >= 15 is 0 Å². The average Bonchev–Trinajstić information content (AvgIpc) is 2.91. The van der Waals surface area contributed by atoms with Crippen LogP contribution in [0.3, 0.4) is 0 Å². The molecule has 0 unspecified atom stereocenters. The van der Waals surface area contributed by atoms with Gasteiger partial charge in [0.15, 0.2) is 10.9 Å². The van der Waals surface area contributed by atoms with Crippen molar-refractivity contribution in [2.75, 3.05) is 33.4 Å². The summed E-state index contributed by atoms with van der Waals surface area (Å²) >= 11 is 5.01. The van der Waals surface area contributed by atoms with Crippen LogP contribution in [0.4, 0.5) is 5.88 Å². The highest BCUT2D eigenvalue weighted by atomic mass is 32.2. The van der Waals surface area contributed by atoms with Gasteiger partial charge in [0.1, 0.15) is 4.92 Å². The molecule has 1 heterocycles. The first kappa shape index (κ1) is 22.9. The Morgan fingerprint density at radius 3 is 2.60 bits per heavy atom. The number of hydrogen-bond donors (Lipinski definition) is 3.